The molecule has 0 saturated heterocycles. The largest absolute Gasteiger partial charge is 0.496 e. The topological polar surface area (TPSA) is 67.4 Å². The van der Waals surface area contributed by atoms with Gasteiger partial charge in [0.05, 0.1) is 7.11 Å². The van der Waals surface area contributed by atoms with Gasteiger partial charge in [0.25, 0.3) is 11.8 Å². The van der Waals surface area contributed by atoms with E-state index < -0.39 is 0 Å². The maximum Gasteiger partial charge on any atom is 0.251 e. The smallest absolute Gasteiger partial charge is 0.251 e. The zero-order valence-corrected chi connectivity index (χ0v) is 14.2. The molecule has 0 spiro atoms. The van der Waals surface area contributed by atoms with Gasteiger partial charge in [-0.3, -0.25) is 9.59 Å². The molecule has 0 radical (unpaired) electrons. The van der Waals surface area contributed by atoms with Gasteiger partial charge in [-0.05, 0) is 49.1 Å². The van der Waals surface area contributed by atoms with Crippen molar-refractivity contribution in [1.82, 2.24) is 10.6 Å². The summed E-state index contributed by atoms with van der Waals surface area (Å²) < 4.78 is 5.31. The van der Waals surface area contributed by atoms with Gasteiger partial charge in [0.2, 0.25) is 0 Å². The third-order valence-corrected chi connectivity index (χ3v) is 4.17. The molecule has 0 aliphatic heterocycles. The normalized spacial score (nSPS) is 13.2. The van der Waals surface area contributed by atoms with Crippen molar-refractivity contribution in [3.05, 3.63) is 65.2 Å². The van der Waals surface area contributed by atoms with E-state index in [9.17, 15) is 9.59 Å². The lowest BCUT2D eigenvalue weighted by atomic mass is 10.1. The number of para-hydroxylation sites is 1. The molecule has 0 unspecified atom stereocenters. The molecule has 1 aliphatic rings. The zero-order valence-electron chi connectivity index (χ0n) is 14.2. The Hall–Kier alpha value is -2.82. The predicted octanol–water partition coefficient (Wildman–Crippen LogP) is 2.56. The SMILES string of the molecule is COc1ccccc1CCNC(=O)c1cccc(C(=O)NC2CC2)c1. The van der Waals surface area contributed by atoms with Crippen molar-refractivity contribution in [3.63, 3.8) is 0 Å². The fourth-order valence-electron chi connectivity index (χ4n) is 2.62. The van der Waals surface area contributed by atoms with Gasteiger partial charge in [-0.1, -0.05) is 24.3 Å². The standard InChI is InChI=1S/C20H22N2O3/c1-25-18-8-3-2-5-14(18)11-12-21-19(23)15-6-4-7-16(13-15)20(24)22-17-9-10-17/h2-8,13,17H,9-12H2,1H3,(H,21,23)(H,22,24). The second kappa shape index (κ2) is 7.83. The van der Waals surface area contributed by atoms with Crippen molar-refractivity contribution < 1.29 is 14.3 Å². The maximum absolute atomic E-state index is 12.3. The van der Waals surface area contributed by atoms with Gasteiger partial charge in [0.15, 0.2) is 0 Å². The fraction of sp³-hybridized carbons (Fsp3) is 0.300. The molecule has 2 aromatic rings. The van der Waals surface area contributed by atoms with Gasteiger partial charge < -0.3 is 15.4 Å². The number of carbonyl (C=O) groups is 2. The quantitative estimate of drug-likeness (QED) is 0.815. The van der Waals surface area contributed by atoms with E-state index in [0.717, 1.165) is 24.2 Å². The summed E-state index contributed by atoms with van der Waals surface area (Å²) in [7, 11) is 1.63. The average Bonchev–Trinajstić information content (AvgIpc) is 3.46. The molecule has 0 atom stereocenters. The fourth-order valence-corrected chi connectivity index (χ4v) is 2.62. The minimum absolute atomic E-state index is 0.119. The summed E-state index contributed by atoms with van der Waals surface area (Å²) in [6.07, 6.45) is 2.75. The van der Waals surface area contributed by atoms with Crippen molar-refractivity contribution >= 4 is 11.8 Å². The number of hydrogen-bond donors (Lipinski definition) is 2. The van der Waals surface area contributed by atoms with Crippen molar-refractivity contribution in [3.8, 4) is 5.75 Å². The highest BCUT2D eigenvalue weighted by Crippen LogP contribution is 2.19. The van der Waals surface area contributed by atoms with Crippen LogP contribution in [-0.2, 0) is 6.42 Å². The van der Waals surface area contributed by atoms with Gasteiger partial charge in [-0.15, -0.1) is 0 Å². The van der Waals surface area contributed by atoms with E-state index in [1.54, 1.807) is 31.4 Å². The lowest BCUT2D eigenvalue weighted by molar-refractivity contribution is 0.0951. The first kappa shape index (κ1) is 17.0. The van der Waals surface area contributed by atoms with Crippen LogP contribution in [0.4, 0.5) is 0 Å². The number of amides is 2. The molecule has 2 aromatic carbocycles. The van der Waals surface area contributed by atoms with Crippen LogP contribution in [0.25, 0.3) is 0 Å². The third kappa shape index (κ3) is 4.59. The minimum atomic E-state index is -0.184. The van der Waals surface area contributed by atoms with Crippen LogP contribution in [0, 0.1) is 0 Å². The van der Waals surface area contributed by atoms with E-state index >= 15 is 0 Å². The van der Waals surface area contributed by atoms with Crippen LogP contribution < -0.4 is 15.4 Å². The number of benzene rings is 2. The summed E-state index contributed by atoms with van der Waals surface area (Å²) in [6.45, 7) is 0.498. The molecule has 0 aromatic heterocycles. The van der Waals surface area contributed by atoms with Crippen LogP contribution in [0.3, 0.4) is 0 Å². The van der Waals surface area contributed by atoms with Gasteiger partial charge in [0, 0.05) is 23.7 Å². The third-order valence-electron chi connectivity index (χ3n) is 4.17. The Morgan fingerprint density at radius 2 is 1.76 bits per heavy atom. The Morgan fingerprint density at radius 3 is 2.48 bits per heavy atom. The Labute approximate surface area is 147 Å². The Morgan fingerprint density at radius 1 is 1.04 bits per heavy atom. The van der Waals surface area contributed by atoms with Crippen LogP contribution >= 0.6 is 0 Å². The summed E-state index contributed by atoms with van der Waals surface area (Å²) in [5.74, 6) is 0.512. The molecular formula is C20H22N2O3. The molecular weight excluding hydrogens is 316 g/mol. The molecule has 1 fully saturated rings. The molecule has 5 nitrogen and oxygen atoms in total. The maximum atomic E-state index is 12.3. The van der Waals surface area contributed by atoms with Crippen molar-refractivity contribution in [2.45, 2.75) is 25.3 Å². The van der Waals surface area contributed by atoms with E-state index in [0.29, 0.717) is 30.1 Å². The van der Waals surface area contributed by atoms with Crippen molar-refractivity contribution in [2.75, 3.05) is 13.7 Å². The van der Waals surface area contributed by atoms with Crippen LogP contribution in [-0.4, -0.2) is 31.5 Å². The summed E-state index contributed by atoms with van der Waals surface area (Å²) in [5, 5.41) is 5.82. The summed E-state index contributed by atoms with van der Waals surface area (Å²) in [6, 6.07) is 14.8. The highest BCUT2D eigenvalue weighted by molar-refractivity contribution is 5.99. The van der Waals surface area contributed by atoms with Gasteiger partial charge in [-0.2, -0.15) is 0 Å². The van der Waals surface area contributed by atoms with E-state index in [4.69, 9.17) is 4.74 Å². The lowest BCUT2D eigenvalue weighted by Crippen LogP contribution is -2.27. The number of rotatable bonds is 7. The molecule has 1 saturated carbocycles. The summed E-state index contributed by atoms with van der Waals surface area (Å²) >= 11 is 0. The number of hydrogen-bond acceptors (Lipinski definition) is 3. The first-order chi connectivity index (χ1) is 12.2. The summed E-state index contributed by atoms with van der Waals surface area (Å²) in [5.41, 5.74) is 2.05. The van der Waals surface area contributed by atoms with E-state index in [2.05, 4.69) is 10.6 Å². The highest BCUT2D eigenvalue weighted by atomic mass is 16.5. The number of carbonyl (C=O) groups excluding carboxylic acids is 2. The second-order valence-corrected chi connectivity index (χ2v) is 6.15. The lowest BCUT2D eigenvalue weighted by Gasteiger charge is -2.10. The second-order valence-electron chi connectivity index (χ2n) is 6.15. The molecule has 25 heavy (non-hydrogen) atoms. The Kier molecular flexibility index (Phi) is 5.33. The monoisotopic (exact) mass is 338 g/mol. The van der Waals surface area contributed by atoms with E-state index in [-0.39, 0.29) is 11.8 Å². The Balaban J connectivity index is 1.56. The highest BCUT2D eigenvalue weighted by Gasteiger charge is 2.24. The molecule has 2 N–H and O–H groups in total. The minimum Gasteiger partial charge on any atom is -0.496 e. The first-order valence-electron chi connectivity index (χ1n) is 8.48. The molecule has 3 rings (SSSR count). The molecule has 2 amide bonds. The summed E-state index contributed by atoms with van der Waals surface area (Å²) in [4.78, 5) is 24.4. The number of ether oxygens (including phenoxy) is 1. The van der Waals surface area contributed by atoms with Gasteiger partial charge >= 0.3 is 0 Å². The predicted molar refractivity (Wildman–Crippen MR) is 96.0 cm³/mol. The van der Waals surface area contributed by atoms with Gasteiger partial charge in [0.1, 0.15) is 5.75 Å². The van der Waals surface area contributed by atoms with E-state index in [1.165, 1.54) is 0 Å². The van der Waals surface area contributed by atoms with Crippen molar-refractivity contribution in [2.24, 2.45) is 0 Å². The van der Waals surface area contributed by atoms with Crippen LogP contribution in [0.5, 0.6) is 5.75 Å². The zero-order chi connectivity index (χ0) is 17.6. The van der Waals surface area contributed by atoms with Gasteiger partial charge in [-0.25, -0.2) is 0 Å². The molecule has 5 heteroatoms. The molecule has 0 bridgehead atoms. The molecule has 130 valence electrons. The number of nitrogens with one attached hydrogen (secondary N) is 2. The number of methoxy groups -OCH3 is 1. The first-order valence-corrected chi connectivity index (χ1v) is 8.48. The van der Waals surface area contributed by atoms with Crippen LogP contribution in [0.2, 0.25) is 0 Å². The molecule has 0 heterocycles. The molecule has 1 aliphatic carbocycles. The van der Waals surface area contributed by atoms with Crippen molar-refractivity contribution in [1.29, 1.82) is 0 Å². The van der Waals surface area contributed by atoms with Crippen LogP contribution in [0.15, 0.2) is 48.5 Å². The average molecular weight is 338 g/mol. The van der Waals surface area contributed by atoms with E-state index in [1.807, 2.05) is 24.3 Å². The van der Waals surface area contributed by atoms with Crippen LogP contribution in [0.1, 0.15) is 39.1 Å². The Bertz CT molecular complexity index is 769.